The van der Waals surface area contributed by atoms with E-state index in [2.05, 4.69) is 49.9 Å². The Morgan fingerprint density at radius 1 is 0.774 bits per heavy atom. The molecule has 0 aromatic heterocycles. The molecule has 3 aromatic carbocycles. The topological polar surface area (TPSA) is 35.5 Å². The van der Waals surface area contributed by atoms with Crippen molar-refractivity contribution >= 4 is 5.78 Å². The van der Waals surface area contributed by atoms with Crippen LogP contribution < -0.4 is 9.47 Å². The van der Waals surface area contributed by atoms with Crippen molar-refractivity contribution in [3.63, 3.8) is 0 Å². The van der Waals surface area contributed by atoms with Crippen LogP contribution in [0.4, 0.5) is 0 Å². The molecule has 3 heteroatoms. The molecule has 160 valence electrons. The van der Waals surface area contributed by atoms with Crippen LogP contribution in [0.15, 0.2) is 85.5 Å². The molecule has 0 aliphatic rings. The van der Waals surface area contributed by atoms with E-state index in [9.17, 15) is 4.79 Å². The maximum absolute atomic E-state index is 11.5. The third kappa shape index (κ3) is 6.85. The molecule has 0 bridgehead atoms. The number of hydrogen-bond acceptors (Lipinski definition) is 3. The molecular formula is C28H30O3. The quantitative estimate of drug-likeness (QED) is 0.183. The Kier molecular flexibility index (Phi) is 8.48. The van der Waals surface area contributed by atoms with E-state index in [0.29, 0.717) is 18.8 Å². The molecule has 3 aromatic rings. The minimum Gasteiger partial charge on any atom is -0.494 e. The minimum absolute atomic E-state index is 0.0818. The summed E-state index contributed by atoms with van der Waals surface area (Å²) in [4.78, 5) is 11.5. The number of carbonyl (C=O) groups is 1. The van der Waals surface area contributed by atoms with Crippen molar-refractivity contribution in [3.8, 4) is 22.6 Å². The lowest BCUT2D eigenvalue weighted by Crippen LogP contribution is -2.03. The number of hydrogen-bond donors (Lipinski definition) is 0. The van der Waals surface area contributed by atoms with Crippen LogP contribution in [0.1, 0.15) is 42.1 Å². The average molecular weight is 415 g/mol. The Hall–Kier alpha value is -3.33. The number of benzene rings is 3. The molecule has 0 spiro atoms. The molecule has 0 unspecified atom stereocenters. The summed E-state index contributed by atoms with van der Waals surface area (Å²) in [7, 11) is 0. The summed E-state index contributed by atoms with van der Waals surface area (Å²) < 4.78 is 11.6. The summed E-state index contributed by atoms with van der Waals surface area (Å²) in [5, 5.41) is 0. The van der Waals surface area contributed by atoms with Gasteiger partial charge < -0.3 is 9.47 Å². The summed E-state index contributed by atoms with van der Waals surface area (Å²) in [6.45, 7) is 6.96. The Morgan fingerprint density at radius 2 is 1.26 bits per heavy atom. The lowest BCUT2D eigenvalue weighted by atomic mass is 10.0. The van der Waals surface area contributed by atoms with Crippen LogP contribution in [-0.2, 0) is 6.42 Å². The Labute approximate surface area is 185 Å². The maximum Gasteiger partial charge on any atom is 0.185 e. The zero-order valence-corrected chi connectivity index (χ0v) is 18.2. The first-order valence-electron chi connectivity index (χ1n) is 10.9. The number of rotatable bonds is 12. The number of carbonyl (C=O) groups excluding carboxylic acids is 1. The van der Waals surface area contributed by atoms with E-state index >= 15 is 0 Å². The van der Waals surface area contributed by atoms with E-state index in [1.54, 1.807) is 12.1 Å². The lowest BCUT2D eigenvalue weighted by molar-refractivity contribution is 0.104. The minimum atomic E-state index is -0.0818. The van der Waals surface area contributed by atoms with E-state index in [4.69, 9.17) is 9.47 Å². The van der Waals surface area contributed by atoms with Gasteiger partial charge in [-0.05, 0) is 78.4 Å². The van der Waals surface area contributed by atoms with Crippen LogP contribution in [0.5, 0.6) is 11.5 Å². The summed E-state index contributed by atoms with van der Waals surface area (Å²) in [5.74, 6) is 1.57. The van der Waals surface area contributed by atoms with Crippen LogP contribution >= 0.6 is 0 Å². The molecule has 0 aliphatic carbocycles. The number of aryl methyl sites for hydroxylation is 1. The first-order valence-corrected chi connectivity index (χ1v) is 10.9. The number of unbranched alkanes of at least 4 members (excludes halogenated alkanes) is 1. The highest BCUT2D eigenvalue weighted by molar-refractivity contribution is 6.04. The molecule has 31 heavy (non-hydrogen) atoms. The molecule has 0 amide bonds. The van der Waals surface area contributed by atoms with Gasteiger partial charge in [0.1, 0.15) is 11.5 Å². The second-order valence-electron chi connectivity index (χ2n) is 7.47. The fraction of sp³-hybridized carbons (Fsp3) is 0.250. The van der Waals surface area contributed by atoms with Crippen LogP contribution in [0.2, 0.25) is 0 Å². The highest BCUT2D eigenvalue weighted by Gasteiger charge is 2.02. The van der Waals surface area contributed by atoms with Gasteiger partial charge in [0.2, 0.25) is 0 Å². The van der Waals surface area contributed by atoms with Gasteiger partial charge in [-0.1, -0.05) is 56.3 Å². The number of ether oxygens (including phenoxy) is 2. The molecule has 0 aliphatic heterocycles. The van der Waals surface area contributed by atoms with E-state index < -0.39 is 0 Å². The molecule has 3 rings (SSSR count). The van der Waals surface area contributed by atoms with Gasteiger partial charge in [0.05, 0.1) is 13.2 Å². The van der Waals surface area contributed by atoms with Gasteiger partial charge in [0.15, 0.2) is 5.78 Å². The van der Waals surface area contributed by atoms with Crippen molar-refractivity contribution in [3.05, 3.63) is 96.6 Å². The van der Waals surface area contributed by atoms with E-state index in [-0.39, 0.29) is 5.78 Å². The van der Waals surface area contributed by atoms with Crippen molar-refractivity contribution in [1.29, 1.82) is 0 Å². The van der Waals surface area contributed by atoms with Crippen molar-refractivity contribution in [1.82, 2.24) is 0 Å². The molecule has 0 atom stereocenters. The van der Waals surface area contributed by atoms with Crippen molar-refractivity contribution in [2.24, 2.45) is 0 Å². The van der Waals surface area contributed by atoms with Gasteiger partial charge in [0, 0.05) is 5.56 Å². The van der Waals surface area contributed by atoms with Gasteiger partial charge in [-0.2, -0.15) is 0 Å². The monoisotopic (exact) mass is 414 g/mol. The zero-order valence-electron chi connectivity index (χ0n) is 18.2. The second kappa shape index (κ2) is 11.8. The Balaban J connectivity index is 1.36. The largest absolute Gasteiger partial charge is 0.494 e. The molecule has 3 nitrogen and oxygen atoms in total. The standard InChI is InChI=1S/C28H30O3/c1-3-7-22-8-10-23(11-9-22)24-12-16-26(17-13-24)30-20-5-6-21-31-27-18-14-25(15-19-27)28(29)4-2/h4,8-19H,2-3,5-7,20-21H2,1H3. The molecular weight excluding hydrogens is 384 g/mol. The average Bonchev–Trinajstić information content (AvgIpc) is 2.82. The zero-order chi connectivity index (χ0) is 21.9. The summed E-state index contributed by atoms with van der Waals surface area (Å²) in [6, 6.07) is 24.2. The molecule has 0 heterocycles. The Bertz CT molecular complexity index is 955. The molecule has 0 fully saturated rings. The maximum atomic E-state index is 11.5. The fourth-order valence-corrected chi connectivity index (χ4v) is 3.31. The predicted octanol–water partition coefficient (Wildman–Crippen LogP) is 6.91. The van der Waals surface area contributed by atoms with E-state index in [1.807, 2.05) is 24.3 Å². The highest BCUT2D eigenvalue weighted by Crippen LogP contribution is 2.23. The third-order valence-corrected chi connectivity index (χ3v) is 5.08. The molecule has 0 saturated heterocycles. The first kappa shape index (κ1) is 22.4. The van der Waals surface area contributed by atoms with Crippen LogP contribution in [0.25, 0.3) is 11.1 Å². The van der Waals surface area contributed by atoms with Crippen molar-refractivity contribution < 1.29 is 14.3 Å². The first-order chi connectivity index (χ1) is 15.2. The third-order valence-electron chi connectivity index (χ3n) is 5.08. The van der Waals surface area contributed by atoms with E-state index in [0.717, 1.165) is 30.8 Å². The number of ketones is 1. The molecule has 0 radical (unpaired) electrons. The van der Waals surface area contributed by atoms with Gasteiger partial charge in [-0.3, -0.25) is 4.79 Å². The second-order valence-corrected chi connectivity index (χ2v) is 7.47. The van der Waals surface area contributed by atoms with Gasteiger partial charge in [0.25, 0.3) is 0 Å². The summed E-state index contributed by atoms with van der Waals surface area (Å²) in [5.41, 5.74) is 4.43. The van der Waals surface area contributed by atoms with Gasteiger partial charge in [-0.25, -0.2) is 0 Å². The van der Waals surface area contributed by atoms with Gasteiger partial charge in [-0.15, -0.1) is 0 Å². The van der Waals surface area contributed by atoms with Crippen molar-refractivity contribution in [2.45, 2.75) is 32.6 Å². The summed E-state index contributed by atoms with van der Waals surface area (Å²) >= 11 is 0. The lowest BCUT2D eigenvalue weighted by Gasteiger charge is -2.09. The van der Waals surface area contributed by atoms with Crippen LogP contribution in [-0.4, -0.2) is 19.0 Å². The molecule has 0 N–H and O–H groups in total. The van der Waals surface area contributed by atoms with Gasteiger partial charge >= 0.3 is 0 Å². The highest BCUT2D eigenvalue weighted by atomic mass is 16.5. The predicted molar refractivity (Wildman–Crippen MR) is 127 cm³/mol. The number of allylic oxidation sites excluding steroid dienone is 1. The fourth-order valence-electron chi connectivity index (χ4n) is 3.31. The summed E-state index contributed by atoms with van der Waals surface area (Å²) in [6.07, 6.45) is 5.42. The van der Waals surface area contributed by atoms with Crippen molar-refractivity contribution in [2.75, 3.05) is 13.2 Å². The van der Waals surface area contributed by atoms with Crippen LogP contribution in [0, 0.1) is 0 Å². The smallest absolute Gasteiger partial charge is 0.185 e. The van der Waals surface area contributed by atoms with E-state index in [1.165, 1.54) is 29.2 Å². The molecule has 0 saturated carbocycles. The normalized spacial score (nSPS) is 10.5. The van der Waals surface area contributed by atoms with Crippen LogP contribution in [0.3, 0.4) is 0 Å². The SMILES string of the molecule is C=CC(=O)c1ccc(OCCCCOc2ccc(-c3ccc(CCC)cc3)cc2)cc1. The Morgan fingerprint density at radius 3 is 1.74 bits per heavy atom.